The molecule has 0 aliphatic carbocycles. The molecule has 2 aliphatic rings. The van der Waals surface area contributed by atoms with E-state index in [1.54, 1.807) is 4.68 Å². The second-order valence-electron chi connectivity index (χ2n) is 6.46. The number of hydrogen-bond acceptors (Lipinski definition) is 4. The molecule has 148 valence electrons. The van der Waals surface area contributed by atoms with Crippen molar-refractivity contribution in [3.63, 3.8) is 0 Å². The van der Waals surface area contributed by atoms with Crippen molar-refractivity contribution in [1.29, 1.82) is 0 Å². The number of aromatic nitrogens is 2. The molecule has 1 aromatic heterocycles. The van der Waals surface area contributed by atoms with Gasteiger partial charge in [0.05, 0.1) is 31.1 Å². The summed E-state index contributed by atoms with van der Waals surface area (Å²) in [7, 11) is 1.52. The topological polar surface area (TPSA) is 79.7 Å². The molecule has 1 N–H and O–H groups in total. The highest BCUT2D eigenvalue weighted by Crippen LogP contribution is 2.28. The summed E-state index contributed by atoms with van der Waals surface area (Å²) in [6, 6.07) is 1.49. The number of rotatable bonds is 1. The number of nitrogens with one attached hydrogen (secondary N) is 1. The third-order valence-corrected chi connectivity index (χ3v) is 5.09. The van der Waals surface area contributed by atoms with E-state index >= 15 is 0 Å². The van der Waals surface area contributed by atoms with Gasteiger partial charge in [0.2, 0.25) is 0 Å². The summed E-state index contributed by atoms with van der Waals surface area (Å²) in [4.78, 5) is 31.9. The zero-order valence-corrected chi connectivity index (χ0v) is 15.6. The fourth-order valence-corrected chi connectivity index (χ4v) is 3.45. The SMILES string of the molecule is CN1OCCn2nc3c(c2C1=O)CN(C(=O)Nc1ccc(F)c(Cl)c1F)CC3. The summed E-state index contributed by atoms with van der Waals surface area (Å²) in [5, 5.41) is 7.32. The van der Waals surface area contributed by atoms with E-state index in [-0.39, 0.29) is 18.1 Å². The first-order chi connectivity index (χ1) is 13.4. The van der Waals surface area contributed by atoms with Gasteiger partial charge in [0.15, 0.2) is 5.82 Å². The number of carbonyl (C=O) groups is 2. The highest BCUT2D eigenvalue weighted by Gasteiger charge is 2.33. The Morgan fingerprint density at radius 3 is 2.89 bits per heavy atom. The highest BCUT2D eigenvalue weighted by molar-refractivity contribution is 6.31. The van der Waals surface area contributed by atoms with Gasteiger partial charge in [0.1, 0.15) is 16.5 Å². The van der Waals surface area contributed by atoms with Gasteiger partial charge in [0.25, 0.3) is 5.91 Å². The molecule has 4 rings (SSSR count). The minimum absolute atomic E-state index is 0.132. The highest BCUT2D eigenvalue weighted by atomic mass is 35.5. The second-order valence-corrected chi connectivity index (χ2v) is 6.84. The Morgan fingerprint density at radius 2 is 2.11 bits per heavy atom. The first-order valence-corrected chi connectivity index (χ1v) is 8.93. The molecule has 0 spiro atoms. The summed E-state index contributed by atoms with van der Waals surface area (Å²) < 4.78 is 28.9. The molecular weight excluding hydrogens is 396 g/mol. The molecule has 0 bridgehead atoms. The minimum Gasteiger partial charge on any atom is -0.320 e. The van der Waals surface area contributed by atoms with E-state index in [1.807, 2.05) is 0 Å². The first kappa shape index (κ1) is 18.6. The average molecular weight is 412 g/mol. The Morgan fingerprint density at radius 1 is 1.32 bits per heavy atom. The van der Waals surface area contributed by atoms with Crippen LogP contribution in [-0.2, 0) is 24.3 Å². The van der Waals surface area contributed by atoms with Crippen LogP contribution in [0.1, 0.15) is 21.7 Å². The van der Waals surface area contributed by atoms with Crippen LogP contribution in [0.15, 0.2) is 12.1 Å². The molecule has 28 heavy (non-hydrogen) atoms. The lowest BCUT2D eigenvalue weighted by atomic mass is 10.1. The fraction of sp³-hybridized carbons (Fsp3) is 0.353. The van der Waals surface area contributed by atoms with Gasteiger partial charge in [0, 0.05) is 25.6 Å². The lowest BCUT2D eigenvalue weighted by Gasteiger charge is -2.27. The van der Waals surface area contributed by atoms with Crippen LogP contribution < -0.4 is 5.32 Å². The van der Waals surface area contributed by atoms with E-state index in [4.69, 9.17) is 16.4 Å². The smallest absolute Gasteiger partial charge is 0.320 e. The molecule has 0 unspecified atom stereocenters. The average Bonchev–Trinajstić information content (AvgIpc) is 2.98. The van der Waals surface area contributed by atoms with E-state index in [9.17, 15) is 18.4 Å². The maximum Gasteiger partial charge on any atom is 0.322 e. The maximum absolute atomic E-state index is 14.1. The number of hydroxylamine groups is 2. The number of urea groups is 1. The fourth-order valence-electron chi connectivity index (χ4n) is 3.29. The van der Waals surface area contributed by atoms with Gasteiger partial charge in [-0.3, -0.25) is 14.3 Å². The van der Waals surface area contributed by atoms with Gasteiger partial charge in [-0.25, -0.2) is 18.6 Å². The standard InChI is InChI=1S/C17H16ClF2N5O3/c1-23-16(26)15-9-8-24(5-4-11(9)22-25(15)6-7-28-23)17(27)21-12-3-2-10(19)13(18)14(12)20/h2-3H,4-8H2,1H3,(H,21,27). The van der Waals surface area contributed by atoms with Crippen molar-refractivity contribution in [3.8, 4) is 0 Å². The molecule has 3 heterocycles. The summed E-state index contributed by atoms with van der Waals surface area (Å²) in [6.07, 6.45) is 0.452. The molecule has 2 aliphatic heterocycles. The number of halogens is 3. The van der Waals surface area contributed by atoms with Gasteiger partial charge < -0.3 is 10.2 Å². The van der Waals surface area contributed by atoms with Gasteiger partial charge in [-0.2, -0.15) is 5.10 Å². The predicted octanol–water partition coefficient (Wildman–Crippen LogP) is 2.42. The monoisotopic (exact) mass is 411 g/mol. The zero-order chi connectivity index (χ0) is 20.0. The Balaban J connectivity index is 1.57. The van der Waals surface area contributed by atoms with Crippen LogP contribution in [-0.4, -0.2) is 51.9 Å². The van der Waals surface area contributed by atoms with Gasteiger partial charge in [-0.15, -0.1) is 0 Å². The molecule has 11 heteroatoms. The number of benzene rings is 1. The van der Waals surface area contributed by atoms with E-state index in [0.717, 1.165) is 22.9 Å². The van der Waals surface area contributed by atoms with Crippen molar-refractivity contribution in [2.45, 2.75) is 19.5 Å². The third-order valence-electron chi connectivity index (χ3n) is 4.74. The minimum atomic E-state index is -1.04. The van der Waals surface area contributed by atoms with Gasteiger partial charge in [-0.05, 0) is 12.1 Å². The molecule has 0 radical (unpaired) electrons. The van der Waals surface area contributed by atoms with Crippen molar-refractivity contribution in [2.75, 3.05) is 25.5 Å². The number of anilines is 1. The van der Waals surface area contributed by atoms with Crippen molar-refractivity contribution in [3.05, 3.63) is 45.7 Å². The molecule has 2 aromatic rings. The molecule has 0 fully saturated rings. The van der Waals surface area contributed by atoms with Crippen LogP contribution in [0.4, 0.5) is 19.3 Å². The number of fused-ring (bicyclic) bond motifs is 3. The first-order valence-electron chi connectivity index (χ1n) is 8.55. The number of carbonyl (C=O) groups excluding carboxylic acids is 2. The Hall–Kier alpha value is -2.72. The van der Waals surface area contributed by atoms with E-state index in [1.165, 1.54) is 11.9 Å². The number of amides is 3. The lowest BCUT2D eigenvalue weighted by Crippen LogP contribution is -2.39. The Labute approximate surface area is 163 Å². The summed E-state index contributed by atoms with van der Waals surface area (Å²) >= 11 is 5.55. The molecule has 8 nitrogen and oxygen atoms in total. The van der Waals surface area contributed by atoms with E-state index < -0.39 is 22.7 Å². The zero-order valence-electron chi connectivity index (χ0n) is 14.8. The summed E-state index contributed by atoms with van der Waals surface area (Å²) in [5.74, 6) is -2.29. The van der Waals surface area contributed by atoms with E-state index in [2.05, 4.69) is 10.4 Å². The second kappa shape index (κ2) is 7.02. The van der Waals surface area contributed by atoms with Crippen LogP contribution in [0.3, 0.4) is 0 Å². The Kier molecular flexibility index (Phi) is 4.68. The van der Waals surface area contributed by atoms with E-state index in [0.29, 0.717) is 37.4 Å². The summed E-state index contributed by atoms with van der Waals surface area (Å²) in [6.45, 7) is 1.20. The van der Waals surface area contributed by atoms with Crippen LogP contribution >= 0.6 is 11.6 Å². The van der Waals surface area contributed by atoms with Crippen LogP contribution in [0.2, 0.25) is 5.02 Å². The number of hydrogen-bond donors (Lipinski definition) is 1. The molecule has 1 aromatic carbocycles. The molecule has 0 atom stereocenters. The quantitative estimate of drug-likeness (QED) is 0.731. The maximum atomic E-state index is 14.1. The molecule has 0 saturated heterocycles. The largest absolute Gasteiger partial charge is 0.322 e. The van der Waals surface area contributed by atoms with Crippen LogP contribution in [0, 0.1) is 11.6 Å². The van der Waals surface area contributed by atoms with Crippen LogP contribution in [0.5, 0.6) is 0 Å². The third kappa shape index (κ3) is 3.08. The predicted molar refractivity (Wildman–Crippen MR) is 94.8 cm³/mol. The summed E-state index contributed by atoms with van der Waals surface area (Å²) in [5.41, 5.74) is 1.55. The van der Waals surface area contributed by atoms with Gasteiger partial charge >= 0.3 is 6.03 Å². The van der Waals surface area contributed by atoms with Crippen molar-refractivity contribution >= 4 is 29.2 Å². The normalized spacial score (nSPS) is 16.5. The van der Waals surface area contributed by atoms with Crippen molar-refractivity contribution < 1.29 is 23.2 Å². The lowest BCUT2D eigenvalue weighted by molar-refractivity contribution is -0.103. The molecule has 3 amide bonds. The van der Waals surface area contributed by atoms with Gasteiger partial charge in [-0.1, -0.05) is 11.6 Å². The number of nitrogens with zero attached hydrogens (tertiary/aromatic N) is 4. The van der Waals surface area contributed by atoms with Crippen molar-refractivity contribution in [1.82, 2.24) is 19.7 Å². The molecule has 0 saturated carbocycles. The molecular formula is C17H16ClF2N5O3. The van der Waals surface area contributed by atoms with Crippen molar-refractivity contribution in [2.24, 2.45) is 0 Å². The van der Waals surface area contributed by atoms with Crippen LogP contribution in [0.25, 0.3) is 0 Å². The Bertz CT molecular complexity index is 980.